The van der Waals surface area contributed by atoms with Crippen molar-refractivity contribution in [3.63, 3.8) is 0 Å². The maximum Gasteiger partial charge on any atom is 0.236 e. The van der Waals surface area contributed by atoms with Crippen LogP contribution in [0.15, 0.2) is 35.7 Å². The van der Waals surface area contributed by atoms with Crippen LogP contribution < -0.4 is 0 Å². The van der Waals surface area contributed by atoms with Gasteiger partial charge in [-0.25, -0.2) is 0 Å². The maximum absolute atomic E-state index is 12.6. The molecule has 2 aromatic rings. The lowest BCUT2D eigenvalue weighted by molar-refractivity contribution is -0.131. The van der Waals surface area contributed by atoms with E-state index in [-0.39, 0.29) is 17.1 Å². The quantitative estimate of drug-likeness (QED) is 0.847. The number of aromatic nitrogens is 4. The molecule has 4 rings (SSSR count). The Kier molecular flexibility index (Phi) is 4.57. The van der Waals surface area contributed by atoms with Crippen LogP contribution in [0, 0.1) is 6.92 Å². The Morgan fingerprint density at radius 2 is 2.28 bits per heavy atom. The van der Waals surface area contributed by atoms with Crippen LogP contribution in [0.1, 0.15) is 36.6 Å². The molecule has 0 radical (unpaired) electrons. The van der Waals surface area contributed by atoms with Gasteiger partial charge in [-0.1, -0.05) is 18.2 Å². The summed E-state index contributed by atoms with van der Waals surface area (Å²) in [5.41, 5.74) is 2.07. The zero-order valence-electron chi connectivity index (χ0n) is 14.2. The summed E-state index contributed by atoms with van der Waals surface area (Å²) in [7, 11) is 0. The van der Waals surface area contributed by atoms with E-state index in [1.54, 1.807) is 16.6 Å². The first-order valence-electron chi connectivity index (χ1n) is 8.67. The van der Waals surface area contributed by atoms with E-state index >= 15 is 0 Å². The van der Waals surface area contributed by atoms with Crippen molar-refractivity contribution >= 4 is 17.7 Å². The van der Waals surface area contributed by atoms with Crippen molar-refractivity contribution in [2.45, 2.75) is 37.4 Å². The van der Waals surface area contributed by atoms with Crippen molar-refractivity contribution in [2.24, 2.45) is 0 Å². The molecule has 130 valence electrons. The molecular formula is C18H21N5OS. The second-order valence-electron chi connectivity index (χ2n) is 6.63. The maximum atomic E-state index is 12.6. The van der Waals surface area contributed by atoms with Gasteiger partial charge in [-0.05, 0) is 54.5 Å². The predicted molar refractivity (Wildman–Crippen MR) is 97.6 cm³/mol. The van der Waals surface area contributed by atoms with Crippen LogP contribution in [0.3, 0.4) is 0 Å². The molecule has 1 fully saturated rings. The van der Waals surface area contributed by atoms with Gasteiger partial charge >= 0.3 is 0 Å². The average Bonchev–Trinajstić information content (AvgIpc) is 3.33. The second kappa shape index (κ2) is 7.00. The van der Waals surface area contributed by atoms with Crippen LogP contribution >= 0.6 is 11.8 Å². The Hall–Kier alpha value is -2.15. The number of piperidine rings is 1. The molecule has 0 N–H and O–H groups in total. The number of tetrazole rings is 1. The molecular weight excluding hydrogens is 334 g/mol. The highest BCUT2D eigenvalue weighted by molar-refractivity contribution is 8.03. The van der Waals surface area contributed by atoms with E-state index in [4.69, 9.17) is 0 Å². The smallest absolute Gasteiger partial charge is 0.236 e. The number of rotatable bonds is 3. The summed E-state index contributed by atoms with van der Waals surface area (Å²) in [6, 6.07) is 8.04. The van der Waals surface area contributed by atoms with E-state index in [9.17, 15) is 4.79 Å². The van der Waals surface area contributed by atoms with Gasteiger partial charge in [-0.3, -0.25) is 4.79 Å². The first-order valence-corrected chi connectivity index (χ1v) is 9.61. The zero-order valence-corrected chi connectivity index (χ0v) is 15.0. The van der Waals surface area contributed by atoms with E-state index in [2.05, 4.69) is 21.5 Å². The van der Waals surface area contributed by atoms with Crippen molar-refractivity contribution in [3.05, 3.63) is 47.1 Å². The molecule has 0 saturated carbocycles. The van der Waals surface area contributed by atoms with Crippen LogP contribution in [-0.4, -0.2) is 49.4 Å². The highest BCUT2D eigenvalue weighted by Crippen LogP contribution is 2.30. The monoisotopic (exact) mass is 355 g/mol. The molecule has 3 heterocycles. The normalized spacial score (nSPS) is 23.2. The number of allylic oxidation sites excluding steroid dienone is 1. The zero-order chi connectivity index (χ0) is 17.2. The third-order valence-electron chi connectivity index (χ3n) is 4.72. The largest absolute Gasteiger partial charge is 0.341 e. The minimum Gasteiger partial charge on any atom is -0.341 e. The highest BCUT2D eigenvalue weighted by Gasteiger charge is 2.31. The van der Waals surface area contributed by atoms with E-state index in [1.165, 1.54) is 0 Å². The van der Waals surface area contributed by atoms with Gasteiger partial charge < -0.3 is 4.90 Å². The summed E-state index contributed by atoms with van der Waals surface area (Å²) in [5, 5.41) is 15.1. The van der Waals surface area contributed by atoms with E-state index in [1.807, 2.05) is 41.5 Å². The Morgan fingerprint density at radius 1 is 1.36 bits per heavy atom. The molecule has 1 aromatic heterocycles. The fourth-order valence-electron chi connectivity index (χ4n) is 3.39. The van der Waals surface area contributed by atoms with Gasteiger partial charge in [-0.15, -0.1) is 26.8 Å². The average molecular weight is 355 g/mol. The van der Waals surface area contributed by atoms with Crippen molar-refractivity contribution in [1.82, 2.24) is 25.1 Å². The number of nitrogens with zero attached hydrogens (tertiary/aromatic N) is 5. The summed E-state index contributed by atoms with van der Waals surface area (Å²) in [4.78, 5) is 16.2. The molecule has 1 saturated heterocycles. The Labute approximate surface area is 151 Å². The number of carbonyl (C=O) groups is 1. The lowest BCUT2D eigenvalue weighted by atomic mass is 9.97. The van der Waals surface area contributed by atoms with Crippen LogP contribution in [-0.2, 0) is 4.79 Å². The summed E-state index contributed by atoms with van der Waals surface area (Å²) < 4.78 is 0. The Morgan fingerprint density at radius 3 is 3.08 bits per heavy atom. The first kappa shape index (κ1) is 16.3. The van der Waals surface area contributed by atoms with Gasteiger partial charge in [0.05, 0.1) is 10.9 Å². The number of carbonyl (C=O) groups excluding carboxylic acids is 1. The Balaban J connectivity index is 1.47. The van der Waals surface area contributed by atoms with E-state index in [0.717, 1.165) is 42.9 Å². The minimum absolute atomic E-state index is 0.0506. The molecule has 7 heteroatoms. The van der Waals surface area contributed by atoms with Crippen molar-refractivity contribution in [3.8, 4) is 5.69 Å². The standard InChI is InChI=1S/C18H21N5OS/c1-13-5-2-7-15(11-13)23-20-17(19-21-23)14-6-3-9-22(12-14)18(24)16-8-4-10-25-16/h2,4-5,7,10-11,14,16H,3,6,8-9,12H2,1H3. The molecule has 0 spiro atoms. The summed E-state index contributed by atoms with van der Waals surface area (Å²) >= 11 is 1.62. The summed E-state index contributed by atoms with van der Waals surface area (Å²) in [5.74, 6) is 1.14. The van der Waals surface area contributed by atoms with Crippen molar-refractivity contribution < 1.29 is 4.79 Å². The van der Waals surface area contributed by atoms with Crippen LogP contribution in [0.5, 0.6) is 0 Å². The number of hydrogen-bond donors (Lipinski definition) is 0. The molecule has 1 aromatic carbocycles. The first-order chi connectivity index (χ1) is 12.2. The minimum atomic E-state index is 0.0506. The molecule has 25 heavy (non-hydrogen) atoms. The van der Waals surface area contributed by atoms with Crippen LogP contribution in [0.25, 0.3) is 5.69 Å². The number of amides is 1. The third kappa shape index (κ3) is 3.46. The molecule has 2 atom stereocenters. The molecule has 0 aliphatic carbocycles. The summed E-state index contributed by atoms with van der Waals surface area (Å²) in [6.07, 6.45) is 4.90. The van der Waals surface area contributed by atoms with Gasteiger partial charge in [0.25, 0.3) is 0 Å². The highest BCUT2D eigenvalue weighted by atomic mass is 32.2. The fraction of sp³-hybridized carbons (Fsp3) is 0.444. The van der Waals surface area contributed by atoms with Crippen molar-refractivity contribution in [1.29, 1.82) is 0 Å². The van der Waals surface area contributed by atoms with Crippen molar-refractivity contribution in [2.75, 3.05) is 13.1 Å². The SMILES string of the molecule is Cc1cccc(-n2nnc(C3CCCN(C(=O)C4CC=CS4)C3)n2)c1. The number of thioether (sulfide) groups is 1. The molecule has 0 bridgehead atoms. The number of hydrogen-bond acceptors (Lipinski definition) is 5. The third-order valence-corrected chi connectivity index (χ3v) is 5.80. The van der Waals surface area contributed by atoms with Gasteiger partial charge in [0, 0.05) is 19.0 Å². The number of likely N-dealkylation sites (tertiary alicyclic amines) is 1. The van der Waals surface area contributed by atoms with Gasteiger partial charge in [0.1, 0.15) is 0 Å². The van der Waals surface area contributed by atoms with Gasteiger partial charge in [-0.2, -0.15) is 0 Å². The predicted octanol–water partition coefficient (Wildman–Crippen LogP) is 2.70. The molecule has 2 aliphatic rings. The lowest BCUT2D eigenvalue weighted by Gasteiger charge is -2.32. The van der Waals surface area contributed by atoms with Gasteiger partial charge in [0.15, 0.2) is 5.82 Å². The number of benzene rings is 1. The molecule has 6 nitrogen and oxygen atoms in total. The summed E-state index contributed by atoms with van der Waals surface area (Å²) in [6.45, 7) is 3.57. The van der Waals surface area contributed by atoms with E-state index in [0.29, 0.717) is 6.54 Å². The lowest BCUT2D eigenvalue weighted by Crippen LogP contribution is -2.43. The second-order valence-corrected chi connectivity index (χ2v) is 7.75. The van der Waals surface area contributed by atoms with Gasteiger partial charge in [0.2, 0.25) is 5.91 Å². The molecule has 2 aliphatic heterocycles. The van der Waals surface area contributed by atoms with E-state index < -0.39 is 0 Å². The van der Waals surface area contributed by atoms with Crippen LogP contribution in [0.4, 0.5) is 0 Å². The fourth-order valence-corrected chi connectivity index (χ4v) is 4.29. The Bertz CT molecular complexity index is 794. The molecule has 2 unspecified atom stereocenters. The van der Waals surface area contributed by atoms with Crippen LogP contribution in [0.2, 0.25) is 0 Å². The number of aryl methyl sites for hydroxylation is 1. The molecule has 1 amide bonds. The topological polar surface area (TPSA) is 63.9 Å².